The molecule has 1 aromatic heterocycles. The van der Waals surface area contributed by atoms with Gasteiger partial charge in [0.1, 0.15) is 10.3 Å². The van der Waals surface area contributed by atoms with Gasteiger partial charge in [-0.2, -0.15) is 0 Å². The molecule has 1 spiro atoms. The van der Waals surface area contributed by atoms with E-state index in [1.807, 2.05) is 20.8 Å². The van der Waals surface area contributed by atoms with Gasteiger partial charge in [0.05, 0.1) is 34.6 Å². The molecule has 168 valence electrons. The zero-order valence-corrected chi connectivity index (χ0v) is 21.1. The first-order valence-corrected chi connectivity index (χ1v) is 12.7. The summed E-state index contributed by atoms with van der Waals surface area (Å²) >= 11 is 3.42. The largest absolute Gasteiger partial charge is 0.378 e. The predicted octanol–water partition coefficient (Wildman–Crippen LogP) is 4.32. The van der Waals surface area contributed by atoms with Crippen molar-refractivity contribution in [3.05, 3.63) is 51.9 Å². The number of hydrogen-bond acceptors (Lipinski definition) is 5. The van der Waals surface area contributed by atoms with Crippen LogP contribution < -0.4 is 9.62 Å². The van der Waals surface area contributed by atoms with Crippen molar-refractivity contribution in [1.82, 2.24) is 14.7 Å². The number of anilines is 1. The monoisotopic (exact) mass is 506 g/mol. The van der Waals surface area contributed by atoms with Crippen molar-refractivity contribution in [3.63, 3.8) is 0 Å². The van der Waals surface area contributed by atoms with E-state index in [4.69, 9.17) is 4.74 Å². The molecular weight excluding hydrogens is 476 g/mol. The molecule has 1 fully saturated rings. The number of rotatable bonds is 5. The molecule has 0 amide bonds. The molecule has 1 unspecified atom stereocenters. The van der Waals surface area contributed by atoms with E-state index in [9.17, 15) is 4.21 Å². The minimum Gasteiger partial charge on any atom is -0.378 e. The van der Waals surface area contributed by atoms with Crippen molar-refractivity contribution in [2.75, 3.05) is 25.1 Å². The van der Waals surface area contributed by atoms with E-state index < -0.39 is 11.0 Å². The lowest BCUT2D eigenvalue weighted by Gasteiger charge is -2.44. The maximum atomic E-state index is 13.0. The van der Waals surface area contributed by atoms with Crippen LogP contribution in [-0.4, -0.2) is 39.1 Å². The predicted molar refractivity (Wildman–Crippen MR) is 128 cm³/mol. The van der Waals surface area contributed by atoms with Crippen LogP contribution >= 0.6 is 15.9 Å². The summed E-state index contributed by atoms with van der Waals surface area (Å²) in [5.41, 5.74) is 3.59. The first-order chi connectivity index (χ1) is 14.7. The Hall–Kier alpha value is -1.35. The van der Waals surface area contributed by atoms with Crippen LogP contribution in [0.1, 0.15) is 56.5 Å². The Morgan fingerprint density at radius 3 is 2.68 bits per heavy atom. The molecule has 0 radical (unpaired) electrons. The van der Waals surface area contributed by atoms with Gasteiger partial charge in [-0.15, -0.1) is 0 Å². The van der Waals surface area contributed by atoms with E-state index >= 15 is 0 Å². The van der Waals surface area contributed by atoms with Crippen molar-refractivity contribution in [3.8, 4) is 0 Å². The number of hydrogen-bond donors (Lipinski definition) is 1. The Labute approximate surface area is 195 Å². The summed E-state index contributed by atoms with van der Waals surface area (Å²) in [4.78, 5) is 11.5. The lowest BCUT2D eigenvalue weighted by Crippen LogP contribution is -2.48. The van der Waals surface area contributed by atoms with Gasteiger partial charge in [-0.05, 0) is 72.5 Å². The molecule has 1 aliphatic heterocycles. The van der Waals surface area contributed by atoms with Crippen molar-refractivity contribution in [2.24, 2.45) is 5.41 Å². The van der Waals surface area contributed by atoms with E-state index in [0.717, 1.165) is 48.5 Å². The molecule has 0 saturated carbocycles. The number of nitrogens with one attached hydrogen (secondary N) is 1. The highest BCUT2D eigenvalue weighted by Gasteiger charge is 2.49. The molecule has 1 saturated heterocycles. The van der Waals surface area contributed by atoms with Gasteiger partial charge in [0.15, 0.2) is 5.82 Å². The molecule has 4 rings (SSSR count). The first-order valence-electron chi connectivity index (χ1n) is 10.7. The summed E-state index contributed by atoms with van der Waals surface area (Å²) in [6.45, 7) is 8.29. The van der Waals surface area contributed by atoms with E-state index in [1.54, 1.807) is 13.3 Å². The van der Waals surface area contributed by atoms with Crippen LogP contribution in [0, 0.1) is 5.41 Å². The fourth-order valence-electron chi connectivity index (χ4n) is 4.78. The van der Waals surface area contributed by atoms with Gasteiger partial charge >= 0.3 is 0 Å². The maximum absolute atomic E-state index is 13.0. The molecule has 1 aliphatic carbocycles. The summed E-state index contributed by atoms with van der Waals surface area (Å²) in [6, 6.07) is 8.72. The van der Waals surface area contributed by atoms with Gasteiger partial charge in [-0.3, -0.25) is 0 Å². The van der Waals surface area contributed by atoms with Crippen LogP contribution in [0.5, 0.6) is 0 Å². The van der Waals surface area contributed by atoms with Gasteiger partial charge < -0.3 is 9.64 Å². The second-order valence-electron chi connectivity index (χ2n) is 9.55. The lowest BCUT2D eigenvalue weighted by molar-refractivity contribution is 0.173. The molecule has 2 atom stereocenters. The average Bonchev–Trinajstić information content (AvgIpc) is 3.01. The van der Waals surface area contributed by atoms with Crippen LogP contribution in [0.4, 0.5) is 5.82 Å². The highest BCUT2D eigenvalue weighted by molar-refractivity contribution is 9.10. The van der Waals surface area contributed by atoms with Gasteiger partial charge in [0.2, 0.25) is 0 Å². The van der Waals surface area contributed by atoms with E-state index in [1.165, 1.54) is 11.1 Å². The van der Waals surface area contributed by atoms with Gasteiger partial charge in [0, 0.05) is 20.2 Å². The molecule has 1 aromatic carbocycles. The second-order valence-corrected chi connectivity index (χ2v) is 12.4. The summed E-state index contributed by atoms with van der Waals surface area (Å²) in [6.07, 6.45) is 4.78. The SMILES string of the molecule is COCc1nc(Br)cnc1N1CCC2(CC1)Cc1ccccc1[C@H]2NS(=O)C(C)(C)C. The minimum absolute atomic E-state index is 0.0608. The number of nitrogens with zero attached hydrogens (tertiary/aromatic N) is 3. The summed E-state index contributed by atoms with van der Waals surface area (Å²) < 4.78 is 22.3. The highest BCUT2D eigenvalue weighted by atomic mass is 79.9. The van der Waals surface area contributed by atoms with Crippen molar-refractivity contribution >= 4 is 32.7 Å². The fourth-order valence-corrected chi connectivity index (χ4v) is 6.05. The number of halogens is 1. The Bertz CT molecular complexity index is 970. The Kier molecular flexibility index (Phi) is 6.54. The van der Waals surface area contributed by atoms with Crippen LogP contribution in [0.15, 0.2) is 35.1 Å². The van der Waals surface area contributed by atoms with E-state index in [0.29, 0.717) is 6.61 Å². The second kappa shape index (κ2) is 8.89. The van der Waals surface area contributed by atoms with Crippen LogP contribution in [-0.2, 0) is 28.8 Å². The van der Waals surface area contributed by atoms with Crippen molar-refractivity contribution < 1.29 is 8.95 Å². The molecule has 2 heterocycles. The zero-order valence-electron chi connectivity index (χ0n) is 18.7. The normalized spacial score (nSPS) is 21.3. The third kappa shape index (κ3) is 4.58. The number of benzene rings is 1. The van der Waals surface area contributed by atoms with E-state index in [-0.39, 0.29) is 16.2 Å². The van der Waals surface area contributed by atoms with Gasteiger partial charge in [0.25, 0.3) is 0 Å². The van der Waals surface area contributed by atoms with Crippen LogP contribution in [0.2, 0.25) is 0 Å². The third-order valence-corrected chi connectivity index (χ3v) is 8.38. The molecule has 0 bridgehead atoms. The maximum Gasteiger partial charge on any atom is 0.152 e. The fraction of sp³-hybridized carbons (Fsp3) is 0.565. The summed E-state index contributed by atoms with van der Waals surface area (Å²) in [5.74, 6) is 0.901. The molecule has 2 aromatic rings. The molecule has 8 heteroatoms. The van der Waals surface area contributed by atoms with E-state index in [2.05, 4.69) is 59.8 Å². The lowest BCUT2D eigenvalue weighted by atomic mass is 9.73. The number of ether oxygens (including phenoxy) is 1. The standard InChI is InChI=1S/C23H31BrN4O2S/c1-22(2,3)31(29)27-20-17-8-6-5-7-16(17)13-23(20)9-11-28(12-10-23)21-18(15-30-4)26-19(24)14-25-21/h5-8,14,20,27H,9-13,15H2,1-4H3/t20-,31?/m1/s1. The molecule has 2 aliphatic rings. The molecular formula is C23H31BrN4O2S. The highest BCUT2D eigenvalue weighted by Crippen LogP contribution is 2.52. The van der Waals surface area contributed by atoms with Gasteiger partial charge in [-0.1, -0.05) is 24.3 Å². The molecule has 1 N–H and O–H groups in total. The number of aromatic nitrogens is 2. The van der Waals surface area contributed by atoms with Gasteiger partial charge in [-0.25, -0.2) is 18.9 Å². The number of methoxy groups -OCH3 is 1. The summed E-state index contributed by atoms with van der Waals surface area (Å²) in [5, 5.41) is 0. The Morgan fingerprint density at radius 2 is 2.00 bits per heavy atom. The Balaban J connectivity index is 1.58. The Morgan fingerprint density at radius 1 is 1.29 bits per heavy atom. The van der Waals surface area contributed by atoms with Crippen LogP contribution in [0.3, 0.4) is 0 Å². The zero-order chi connectivity index (χ0) is 22.2. The average molecular weight is 507 g/mol. The van der Waals surface area contributed by atoms with Crippen molar-refractivity contribution in [1.29, 1.82) is 0 Å². The topological polar surface area (TPSA) is 67.4 Å². The number of piperidine rings is 1. The summed E-state index contributed by atoms with van der Waals surface area (Å²) in [7, 11) is 0.556. The third-order valence-electron chi connectivity index (χ3n) is 6.44. The quantitative estimate of drug-likeness (QED) is 0.653. The first kappa shape index (κ1) is 22.8. The van der Waals surface area contributed by atoms with Crippen molar-refractivity contribution in [2.45, 2.75) is 57.4 Å². The minimum atomic E-state index is -1.12. The smallest absolute Gasteiger partial charge is 0.152 e. The molecule has 31 heavy (non-hydrogen) atoms. The molecule has 6 nitrogen and oxygen atoms in total. The number of fused-ring (bicyclic) bond motifs is 1. The van der Waals surface area contributed by atoms with Crippen LogP contribution in [0.25, 0.3) is 0 Å².